The first kappa shape index (κ1) is 16.5. The third-order valence-electron chi connectivity index (χ3n) is 2.89. The minimum atomic E-state index is -4.07. The second-order valence-corrected chi connectivity index (χ2v) is 18.1. The van der Waals surface area contributed by atoms with Crippen LogP contribution in [0.3, 0.4) is 0 Å². The van der Waals surface area contributed by atoms with Crippen LogP contribution in [0, 0.1) is 0 Å². The Balaban J connectivity index is 4.92. The van der Waals surface area contributed by atoms with E-state index in [0.29, 0.717) is 0 Å². The van der Waals surface area contributed by atoms with Gasteiger partial charge in [-0.25, -0.2) is 0 Å². The molecule has 0 saturated carbocycles. The maximum absolute atomic E-state index is 12.4. The van der Waals surface area contributed by atoms with Crippen molar-refractivity contribution in [1.82, 2.24) is 9.36 Å². The molecule has 0 heterocycles. The Labute approximate surface area is 101 Å². The fourth-order valence-corrected chi connectivity index (χ4v) is 14.6. The van der Waals surface area contributed by atoms with Crippen molar-refractivity contribution in [3.63, 3.8) is 0 Å². The van der Waals surface area contributed by atoms with Crippen molar-refractivity contribution in [3.8, 4) is 0 Å². The van der Waals surface area contributed by atoms with Crippen LogP contribution in [0.2, 0.25) is 4.44 Å². The van der Waals surface area contributed by atoms with Gasteiger partial charge in [0.25, 0.3) is 0 Å². The summed E-state index contributed by atoms with van der Waals surface area (Å²) in [6, 6.07) is 0. The van der Waals surface area contributed by atoms with Crippen LogP contribution in [-0.4, -0.2) is 77.0 Å². The Morgan fingerprint density at radius 2 is 1.12 bits per heavy atom. The molecule has 0 aliphatic heterocycles. The van der Waals surface area contributed by atoms with Crippen molar-refractivity contribution < 1.29 is 13.2 Å². The molecule has 0 aliphatic rings. The van der Waals surface area contributed by atoms with Crippen molar-refractivity contribution >= 4 is 19.2 Å². The molecule has 3 nitrogen and oxygen atoms in total. The van der Waals surface area contributed by atoms with Gasteiger partial charge in [0.1, 0.15) is 0 Å². The molecule has 7 heteroatoms. The average Bonchev–Trinajstić information content (AvgIpc) is 2.00. The van der Waals surface area contributed by atoms with Gasteiger partial charge in [-0.1, -0.05) is 0 Å². The van der Waals surface area contributed by atoms with E-state index in [-0.39, 0.29) is 4.44 Å². The summed E-state index contributed by atoms with van der Waals surface area (Å²) in [5.74, 6) is 0. The molecule has 0 rings (SSSR count). The monoisotopic (exact) mass is 349 g/mol. The van der Waals surface area contributed by atoms with E-state index >= 15 is 0 Å². The number of alkyl halides is 3. The molecule has 0 spiro atoms. The number of halogens is 3. The van der Waals surface area contributed by atoms with Crippen LogP contribution in [0.1, 0.15) is 6.42 Å². The fourth-order valence-electron chi connectivity index (χ4n) is 2.18. The standard InChI is InChI=1S/C3H4F3.3C2H6N.Sn/c1-2-3(4,5)6;3*1-3-2;/h1-2H2;3*1-2H3;/q;3*-1;+3. The van der Waals surface area contributed by atoms with E-state index in [0.717, 1.165) is 0 Å². The quantitative estimate of drug-likeness (QED) is 0.699. The number of nitrogens with zero attached hydrogens (tertiary/aromatic N) is 3. The number of hydrogen-bond acceptors (Lipinski definition) is 3. The van der Waals surface area contributed by atoms with Gasteiger partial charge in [0.2, 0.25) is 0 Å². The molecule has 0 bridgehead atoms. The molecule has 0 aromatic rings. The van der Waals surface area contributed by atoms with Crippen LogP contribution < -0.4 is 0 Å². The average molecular weight is 348 g/mol. The van der Waals surface area contributed by atoms with Gasteiger partial charge < -0.3 is 0 Å². The molecule has 0 radical (unpaired) electrons. The molecule has 0 amide bonds. The van der Waals surface area contributed by atoms with Gasteiger partial charge in [-0.05, 0) is 0 Å². The predicted molar refractivity (Wildman–Crippen MR) is 62.3 cm³/mol. The van der Waals surface area contributed by atoms with Crippen molar-refractivity contribution in [2.45, 2.75) is 17.0 Å². The molecule has 0 N–H and O–H groups in total. The summed E-state index contributed by atoms with van der Waals surface area (Å²) in [6.45, 7) is 0. The van der Waals surface area contributed by atoms with Crippen LogP contribution in [0.15, 0.2) is 0 Å². The van der Waals surface area contributed by atoms with E-state index in [1.54, 1.807) is 0 Å². The molecule has 0 unspecified atom stereocenters. The summed E-state index contributed by atoms with van der Waals surface area (Å²) in [5, 5.41) is 0. The predicted octanol–water partition coefficient (Wildman–Crippen LogP) is 1.56. The molecule has 0 aliphatic carbocycles. The van der Waals surface area contributed by atoms with Gasteiger partial charge in [0.15, 0.2) is 0 Å². The first-order valence-corrected chi connectivity index (χ1v) is 11.0. The number of rotatable bonds is 5. The summed E-state index contributed by atoms with van der Waals surface area (Å²) in [7, 11) is 11.3. The van der Waals surface area contributed by atoms with Gasteiger partial charge in [-0.15, -0.1) is 0 Å². The molecule has 0 aromatic heterocycles. The van der Waals surface area contributed by atoms with E-state index in [1.165, 1.54) is 0 Å². The van der Waals surface area contributed by atoms with E-state index in [9.17, 15) is 13.2 Å². The summed E-state index contributed by atoms with van der Waals surface area (Å²) in [4.78, 5) is 0. The zero-order valence-corrected chi connectivity index (χ0v) is 13.7. The van der Waals surface area contributed by atoms with Crippen LogP contribution >= 0.6 is 0 Å². The first-order chi connectivity index (χ1) is 7.04. The first-order valence-electron chi connectivity index (χ1n) is 5.13. The Hall–Kier alpha value is 0.469. The summed E-state index contributed by atoms with van der Waals surface area (Å²) in [6.07, 6.45) is -4.76. The molecule has 0 atom stereocenters. The third kappa shape index (κ3) is 4.05. The molecular weight excluding hydrogens is 326 g/mol. The minimum absolute atomic E-state index is 0.227. The van der Waals surface area contributed by atoms with Gasteiger partial charge in [0, 0.05) is 0 Å². The fraction of sp³-hybridized carbons (Fsp3) is 1.00. The van der Waals surface area contributed by atoms with E-state index in [1.807, 2.05) is 51.7 Å². The normalized spacial score (nSPS) is 14.2. The Morgan fingerprint density at radius 1 is 0.812 bits per heavy atom. The zero-order valence-electron chi connectivity index (χ0n) is 10.9. The van der Waals surface area contributed by atoms with Crippen molar-refractivity contribution in [2.75, 3.05) is 42.3 Å². The Morgan fingerprint density at radius 3 is 1.31 bits per heavy atom. The Kier molecular flexibility index (Phi) is 6.05. The summed E-state index contributed by atoms with van der Waals surface area (Å²) >= 11 is -3.20. The van der Waals surface area contributed by atoms with E-state index < -0.39 is 31.8 Å². The van der Waals surface area contributed by atoms with Gasteiger partial charge in [0.05, 0.1) is 0 Å². The second-order valence-electron chi connectivity index (χ2n) is 4.57. The van der Waals surface area contributed by atoms with Gasteiger partial charge in [-0.2, -0.15) is 0 Å². The Bertz CT molecular complexity index is 195. The second kappa shape index (κ2) is 5.88. The maximum atomic E-state index is 12.4. The summed E-state index contributed by atoms with van der Waals surface area (Å²) in [5.41, 5.74) is 0. The van der Waals surface area contributed by atoms with Crippen molar-refractivity contribution in [2.24, 2.45) is 0 Å². The molecule has 0 aromatic carbocycles. The van der Waals surface area contributed by atoms with Crippen LogP contribution in [-0.2, 0) is 0 Å². The molecular formula is C9H22F3N3Sn. The molecule has 16 heavy (non-hydrogen) atoms. The van der Waals surface area contributed by atoms with E-state index in [4.69, 9.17) is 0 Å². The van der Waals surface area contributed by atoms with Crippen LogP contribution in [0.5, 0.6) is 0 Å². The molecule has 0 fully saturated rings. The van der Waals surface area contributed by atoms with Gasteiger partial charge >= 0.3 is 101 Å². The van der Waals surface area contributed by atoms with Crippen molar-refractivity contribution in [3.05, 3.63) is 0 Å². The number of hydrogen-bond donors (Lipinski definition) is 0. The van der Waals surface area contributed by atoms with Gasteiger partial charge in [-0.3, -0.25) is 0 Å². The van der Waals surface area contributed by atoms with Crippen LogP contribution in [0.25, 0.3) is 0 Å². The SMILES string of the molecule is C[N](C)[Sn]([CH2]CC(F)(F)F)([N](C)C)[N](C)C. The topological polar surface area (TPSA) is 9.72 Å². The van der Waals surface area contributed by atoms with Crippen LogP contribution in [0.4, 0.5) is 13.2 Å². The molecule has 0 saturated heterocycles. The summed E-state index contributed by atoms with van der Waals surface area (Å²) < 4.78 is 43.3. The molecule has 98 valence electrons. The van der Waals surface area contributed by atoms with E-state index in [2.05, 4.69) is 0 Å². The zero-order chi connectivity index (χ0) is 13.1. The van der Waals surface area contributed by atoms with Crippen molar-refractivity contribution in [1.29, 1.82) is 0 Å². The third-order valence-corrected chi connectivity index (χ3v) is 17.8.